The van der Waals surface area contributed by atoms with E-state index in [9.17, 15) is 14.4 Å². The normalized spacial score (nSPS) is 11.8. The molecule has 31 heavy (non-hydrogen) atoms. The molecule has 1 unspecified atom stereocenters. The van der Waals surface area contributed by atoms with E-state index >= 15 is 0 Å². The Morgan fingerprint density at radius 3 is 2.39 bits per heavy atom. The minimum absolute atomic E-state index is 0.0325. The second kappa shape index (κ2) is 10.5. The first-order valence-corrected chi connectivity index (χ1v) is 10.6. The van der Waals surface area contributed by atoms with Gasteiger partial charge in [-0.3, -0.25) is 9.59 Å². The molecule has 0 spiro atoms. The van der Waals surface area contributed by atoms with Crippen LogP contribution in [0.5, 0.6) is 0 Å². The Morgan fingerprint density at radius 1 is 1.00 bits per heavy atom. The van der Waals surface area contributed by atoms with E-state index in [1.165, 1.54) is 11.6 Å². The zero-order valence-electron chi connectivity index (χ0n) is 17.8. The smallest absolute Gasteiger partial charge is 0.360 e. The standard InChI is InChI=1S/C24H27N3O4/c1-3-4-5-11-16-27-23(29)20-15-10-9-14-19(20)21(26-27)24(30)31-17(2)22(28)25-18-12-7-6-8-13-18/h6-10,12-15,17H,3-5,11,16H2,1-2H3,(H,25,28). The van der Waals surface area contributed by atoms with E-state index in [0.29, 0.717) is 23.0 Å². The summed E-state index contributed by atoms with van der Waals surface area (Å²) in [7, 11) is 0. The summed E-state index contributed by atoms with van der Waals surface area (Å²) in [5.74, 6) is -1.19. The number of esters is 1. The highest BCUT2D eigenvalue weighted by atomic mass is 16.5. The molecule has 1 aromatic heterocycles. The van der Waals surface area contributed by atoms with E-state index in [-0.39, 0.29) is 11.3 Å². The molecule has 1 N–H and O–H groups in total. The maximum absolute atomic E-state index is 12.9. The molecule has 1 amide bonds. The summed E-state index contributed by atoms with van der Waals surface area (Å²) in [6.45, 7) is 4.04. The summed E-state index contributed by atoms with van der Waals surface area (Å²) in [6.07, 6.45) is 2.90. The first-order chi connectivity index (χ1) is 15.0. The van der Waals surface area contributed by atoms with Crippen LogP contribution >= 0.6 is 0 Å². The molecule has 0 saturated carbocycles. The Balaban J connectivity index is 1.81. The lowest BCUT2D eigenvalue weighted by molar-refractivity contribution is -0.123. The molecule has 0 bridgehead atoms. The number of benzene rings is 2. The summed E-state index contributed by atoms with van der Waals surface area (Å²) in [4.78, 5) is 38.1. The van der Waals surface area contributed by atoms with Gasteiger partial charge in [0.25, 0.3) is 11.5 Å². The van der Waals surface area contributed by atoms with E-state index in [4.69, 9.17) is 4.74 Å². The third kappa shape index (κ3) is 5.57. The predicted molar refractivity (Wildman–Crippen MR) is 120 cm³/mol. The lowest BCUT2D eigenvalue weighted by Gasteiger charge is -2.15. The van der Waals surface area contributed by atoms with Gasteiger partial charge in [-0.25, -0.2) is 9.48 Å². The summed E-state index contributed by atoms with van der Waals surface area (Å²) in [6, 6.07) is 15.7. The number of anilines is 1. The number of carbonyl (C=O) groups is 2. The first kappa shape index (κ1) is 22.2. The third-order valence-corrected chi connectivity index (χ3v) is 4.98. The Morgan fingerprint density at radius 2 is 1.68 bits per heavy atom. The number of carbonyl (C=O) groups excluding carboxylic acids is 2. The van der Waals surface area contributed by atoms with Crippen molar-refractivity contribution < 1.29 is 14.3 Å². The highest BCUT2D eigenvalue weighted by Crippen LogP contribution is 2.16. The molecule has 0 fully saturated rings. The molecule has 3 aromatic rings. The molecule has 7 nitrogen and oxygen atoms in total. The molecular weight excluding hydrogens is 394 g/mol. The van der Waals surface area contributed by atoms with Crippen molar-refractivity contribution in [3.63, 3.8) is 0 Å². The van der Waals surface area contributed by atoms with E-state index in [2.05, 4.69) is 17.3 Å². The largest absolute Gasteiger partial charge is 0.448 e. The molecule has 0 aliphatic heterocycles. The van der Waals surface area contributed by atoms with Gasteiger partial charge in [0.2, 0.25) is 0 Å². The maximum atomic E-state index is 12.9. The van der Waals surface area contributed by atoms with Crippen molar-refractivity contribution in [2.75, 3.05) is 5.32 Å². The number of nitrogens with one attached hydrogen (secondary N) is 1. The number of aromatic nitrogens is 2. The Kier molecular flexibility index (Phi) is 7.54. The zero-order valence-corrected chi connectivity index (χ0v) is 17.8. The number of hydrogen-bond donors (Lipinski definition) is 1. The second-order valence-corrected chi connectivity index (χ2v) is 7.39. The van der Waals surface area contributed by atoms with Gasteiger partial charge < -0.3 is 10.1 Å². The quantitative estimate of drug-likeness (QED) is 0.414. The number of ether oxygens (including phenoxy) is 1. The summed E-state index contributed by atoms with van der Waals surface area (Å²) >= 11 is 0. The molecule has 2 aromatic carbocycles. The number of nitrogens with zero attached hydrogens (tertiary/aromatic N) is 2. The third-order valence-electron chi connectivity index (χ3n) is 4.98. The van der Waals surface area contributed by atoms with Crippen molar-refractivity contribution in [2.24, 2.45) is 0 Å². The SMILES string of the molecule is CCCCCCn1nc(C(=O)OC(C)C(=O)Nc2ccccc2)c2ccccc2c1=O. The Bertz CT molecular complexity index is 1110. The van der Waals surface area contributed by atoms with Crippen LogP contribution in [0.4, 0.5) is 5.69 Å². The molecule has 0 aliphatic carbocycles. The molecule has 1 atom stereocenters. The number of para-hydroxylation sites is 1. The molecule has 0 saturated heterocycles. The van der Waals surface area contributed by atoms with Crippen molar-refractivity contribution in [1.82, 2.24) is 9.78 Å². The topological polar surface area (TPSA) is 90.3 Å². The second-order valence-electron chi connectivity index (χ2n) is 7.39. The monoisotopic (exact) mass is 421 g/mol. The van der Waals surface area contributed by atoms with Gasteiger partial charge in [-0.1, -0.05) is 62.6 Å². The van der Waals surface area contributed by atoms with Gasteiger partial charge in [-0.15, -0.1) is 0 Å². The lowest BCUT2D eigenvalue weighted by atomic mass is 10.1. The lowest BCUT2D eigenvalue weighted by Crippen LogP contribution is -2.32. The number of unbranched alkanes of at least 4 members (excludes halogenated alkanes) is 3. The number of hydrogen-bond acceptors (Lipinski definition) is 5. The number of aryl methyl sites for hydroxylation is 1. The van der Waals surface area contributed by atoms with Crippen LogP contribution in [0.1, 0.15) is 50.0 Å². The van der Waals surface area contributed by atoms with Crippen molar-refractivity contribution in [2.45, 2.75) is 52.2 Å². The molecule has 3 rings (SSSR count). The van der Waals surface area contributed by atoms with Gasteiger partial charge in [-0.05, 0) is 31.5 Å². The number of rotatable bonds is 9. The Hall–Kier alpha value is -3.48. The van der Waals surface area contributed by atoms with E-state index in [1.54, 1.807) is 48.5 Å². The fraction of sp³-hybridized carbons (Fsp3) is 0.333. The summed E-state index contributed by atoms with van der Waals surface area (Å²) in [5, 5.41) is 7.82. The van der Waals surface area contributed by atoms with Crippen molar-refractivity contribution in [1.29, 1.82) is 0 Å². The first-order valence-electron chi connectivity index (χ1n) is 10.6. The number of amides is 1. The molecule has 162 valence electrons. The van der Waals surface area contributed by atoms with Gasteiger partial charge in [0.15, 0.2) is 11.8 Å². The fourth-order valence-corrected chi connectivity index (χ4v) is 3.26. The van der Waals surface area contributed by atoms with Crippen LogP contribution in [-0.2, 0) is 16.1 Å². The minimum atomic E-state index is -1.03. The zero-order chi connectivity index (χ0) is 22.2. The van der Waals surface area contributed by atoms with Gasteiger partial charge in [0, 0.05) is 17.6 Å². The van der Waals surface area contributed by atoms with Gasteiger partial charge in [0.1, 0.15) is 0 Å². The van der Waals surface area contributed by atoms with Crippen LogP contribution in [0.25, 0.3) is 10.8 Å². The van der Waals surface area contributed by atoms with Crippen LogP contribution in [0.3, 0.4) is 0 Å². The summed E-state index contributed by atoms with van der Waals surface area (Å²) < 4.78 is 6.71. The predicted octanol–water partition coefficient (Wildman–Crippen LogP) is 4.16. The minimum Gasteiger partial charge on any atom is -0.448 e. The molecular formula is C24H27N3O4. The van der Waals surface area contributed by atoms with E-state index in [1.807, 2.05) is 6.07 Å². The number of fused-ring (bicyclic) bond motifs is 1. The van der Waals surface area contributed by atoms with Gasteiger partial charge in [0.05, 0.1) is 5.39 Å². The van der Waals surface area contributed by atoms with E-state index in [0.717, 1.165) is 25.7 Å². The molecule has 0 aliphatic rings. The van der Waals surface area contributed by atoms with Crippen LogP contribution in [-0.4, -0.2) is 27.8 Å². The fourth-order valence-electron chi connectivity index (χ4n) is 3.26. The van der Waals surface area contributed by atoms with Crippen molar-refractivity contribution in [3.05, 3.63) is 70.6 Å². The van der Waals surface area contributed by atoms with Crippen LogP contribution in [0.15, 0.2) is 59.4 Å². The highest BCUT2D eigenvalue weighted by molar-refractivity contribution is 6.03. The molecule has 0 radical (unpaired) electrons. The van der Waals surface area contributed by atoms with Gasteiger partial charge in [-0.2, -0.15) is 5.10 Å². The molecule has 7 heteroatoms. The molecule has 1 heterocycles. The maximum Gasteiger partial charge on any atom is 0.360 e. The Labute approximate surface area is 181 Å². The average Bonchev–Trinajstić information content (AvgIpc) is 2.78. The summed E-state index contributed by atoms with van der Waals surface area (Å²) in [5.41, 5.74) is 0.406. The van der Waals surface area contributed by atoms with Crippen molar-refractivity contribution in [3.8, 4) is 0 Å². The highest BCUT2D eigenvalue weighted by Gasteiger charge is 2.23. The van der Waals surface area contributed by atoms with Crippen LogP contribution in [0.2, 0.25) is 0 Å². The van der Waals surface area contributed by atoms with Crippen LogP contribution in [0, 0.1) is 0 Å². The van der Waals surface area contributed by atoms with Gasteiger partial charge >= 0.3 is 5.97 Å². The average molecular weight is 421 g/mol. The van der Waals surface area contributed by atoms with Crippen LogP contribution < -0.4 is 10.9 Å². The van der Waals surface area contributed by atoms with E-state index < -0.39 is 18.0 Å². The van der Waals surface area contributed by atoms with Crippen molar-refractivity contribution >= 4 is 28.3 Å².